The lowest BCUT2D eigenvalue weighted by atomic mass is 10.2. The van der Waals surface area contributed by atoms with Crippen LogP contribution in [0.4, 0.5) is 26.3 Å². The molecule has 0 unspecified atom stereocenters. The van der Waals surface area contributed by atoms with Crippen LogP contribution in [0.15, 0.2) is 28.0 Å². The SMILES string of the molecule is N#Cc1cc(SC(F)(F)F)cc(SC(F)(F)F)c1. The van der Waals surface area contributed by atoms with Crippen LogP contribution in [-0.4, -0.2) is 11.0 Å². The lowest BCUT2D eigenvalue weighted by Crippen LogP contribution is -2.01. The Kier molecular flexibility index (Phi) is 4.45. The molecular formula is C9H3F6NS2. The number of nitrogens with zero attached hydrogens (tertiary/aromatic N) is 1. The predicted octanol–water partition coefficient (Wildman–Crippen LogP) is 4.78. The Labute approximate surface area is 106 Å². The summed E-state index contributed by atoms with van der Waals surface area (Å²) >= 11 is -1.12. The van der Waals surface area contributed by atoms with Crippen molar-refractivity contribution in [2.24, 2.45) is 0 Å². The molecular weight excluding hydrogens is 300 g/mol. The van der Waals surface area contributed by atoms with Crippen molar-refractivity contribution in [2.75, 3.05) is 0 Å². The normalized spacial score (nSPS) is 12.3. The van der Waals surface area contributed by atoms with Crippen molar-refractivity contribution in [3.63, 3.8) is 0 Å². The Morgan fingerprint density at radius 2 is 1.22 bits per heavy atom. The van der Waals surface area contributed by atoms with Crippen LogP contribution in [0.25, 0.3) is 0 Å². The molecule has 98 valence electrons. The fourth-order valence-corrected chi connectivity index (χ4v) is 2.37. The highest BCUT2D eigenvalue weighted by atomic mass is 32.2. The highest BCUT2D eigenvalue weighted by molar-refractivity contribution is 8.01. The molecule has 0 radical (unpaired) electrons. The van der Waals surface area contributed by atoms with Gasteiger partial charge in [0, 0.05) is 9.79 Å². The third kappa shape index (κ3) is 5.55. The smallest absolute Gasteiger partial charge is 0.192 e. The van der Waals surface area contributed by atoms with Crippen molar-refractivity contribution < 1.29 is 26.3 Å². The third-order valence-electron chi connectivity index (χ3n) is 1.48. The second-order valence-electron chi connectivity index (χ2n) is 2.90. The number of rotatable bonds is 2. The molecule has 1 rings (SSSR count). The van der Waals surface area contributed by atoms with Crippen LogP contribution in [0.2, 0.25) is 0 Å². The fraction of sp³-hybridized carbons (Fsp3) is 0.222. The van der Waals surface area contributed by atoms with Gasteiger partial charge >= 0.3 is 11.0 Å². The average molecular weight is 303 g/mol. The van der Waals surface area contributed by atoms with E-state index in [1.165, 1.54) is 6.07 Å². The van der Waals surface area contributed by atoms with E-state index in [0.29, 0.717) is 0 Å². The maximum Gasteiger partial charge on any atom is 0.446 e. The van der Waals surface area contributed by atoms with Crippen LogP contribution in [-0.2, 0) is 0 Å². The molecule has 0 aliphatic rings. The van der Waals surface area contributed by atoms with Gasteiger partial charge in [-0.05, 0) is 41.7 Å². The van der Waals surface area contributed by atoms with Gasteiger partial charge in [0.05, 0.1) is 11.6 Å². The van der Waals surface area contributed by atoms with Crippen molar-refractivity contribution in [3.05, 3.63) is 23.8 Å². The molecule has 0 saturated carbocycles. The zero-order chi connectivity index (χ0) is 14.0. The van der Waals surface area contributed by atoms with Gasteiger partial charge in [0.1, 0.15) is 0 Å². The topological polar surface area (TPSA) is 23.8 Å². The van der Waals surface area contributed by atoms with Crippen LogP contribution < -0.4 is 0 Å². The predicted molar refractivity (Wildman–Crippen MR) is 55.0 cm³/mol. The van der Waals surface area contributed by atoms with Crippen LogP contribution in [0.3, 0.4) is 0 Å². The van der Waals surface area contributed by atoms with E-state index in [1.807, 2.05) is 0 Å². The standard InChI is InChI=1S/C9H3F6NS2/c10-8(11,12)17-6-1-5(4-16)2-7(3-6)18-9(13,14)15/h1-3H. The first-order chi connectivity index (χ1) is 8.09. The molecule has 1 aromatic carbocycles. The molecule has 18 heavy (non-hydrogen) atoms. The lowest BCUT2D eigenvalue weighted by Gasteiger charge is -2.09. The molecule has 1 nitrogen and oxygen atoms in total. The summed E-state index contributed by atoms with van der Waals surface area (Å²) in [7, 11) is 0. The maximum atomic E-state index is 12.1. The summed E-state index contributed by atoms with van der Waals surface area (Å²) in [6.07, 6.45) is 0. The molecule has 0 spiro atoms. The van der Waals surface area contributed by atoms with Gasteiger partial charge in [0.2, 0.25) is 0 Å². The first kappa shape index (κ1) is 15.0. The van der Waals surface area contributed by atoms with E-state index >= 15 is 0 Å². The highest BCUT2D eigenvalue weighted by Gasteiger charge is 2.32. The summed E-state index contributed by atoms with van der Waals surface area (Å²) in [6, 6.07) is 4.04. The average Bonchev–Trinajstić information content (AvgIpc) is 2.11. The van der Waals surface area contributed by atoms with E-state index in [4.69, 9.17) is 5.26 Å². The number of halogens is 6. The molecule has 0 saturated heterocycles. The van der Waals surface area contributed by atoms with Gasteiger partial charge in [0.15, 0.2) is 0 Å². The molecule has 0 aliphatic heterocycles. The van der Waals surface area contributed by atoms with E-state index in [9.17, 15) is 26.3 Å². The monoisotopic (exact) mass is 303 g/mol. The van der Waals surface area contributed by atoms with Crippen molar-refractivity contribution in [1.29, 1.82) is 5.26 Å². The summed E-state index contributed by atoms with van der Waals surface area (Å²) < 4.78 is 72.6. The van der Waals surface area contributed by atoms with Crippen LogP contribution in [0, 0.1) is 11.3 Å². The van der Waals surface area contributed by atoms with Gasteiger partial charge in [-0.15, -0.1) is 0 Å². The summed E-state index contributed by atoms with van der Waals surface area (Å²) in [4.78, 5) is -0.901. The van der Waals surface area contributed by atoms with Gasteiger partial charge in [-0.25, -0.2) is 0 Å². The first-order valence-corrected chi connectivity index (χ1v) is 5.79. The van der Waals surface area contributed by atoms with E-state index in [-0.39, 0.29) is 5.56 Å². The number of benzene rings is 1. The van der Waals surface area contributed by atoms with E-state index in [2.05, 4.69) is 0 Å². The van der Waals surface area contributed by atoms with Crippen molar-refractivity contribution in [3.8, 4) is 6.07 Å². The fourth-order valence-electron chi connectivity index (χ4n) is 1.02. The van der Waals surface area contributed by atoms with Crippen LogP contribution in [0.5, 0.6) is 0 Å². The van der Waals surface area contributed by atoms with Gasteiger partial charge in [-0.2, -0.15) is 31.6 Å². The quantitative estimate of drug-likeness (QED) is 0.580. The Morgan fingerprint density at radius 1 is 0.833 bits per heavy atom. The summed E-state index contributed by atoms with van der Waals surface area (Å²) in [5.74, 6) is 0. The molecule has 0 N–H and O–H groups in total. The van der Waals surface area contributed by atoms with E-state index in [0.717, 1.165) is 18.2 Å². The molecule has 0 amide bonds. The largest absolute Gasteiger partial charge is 0.446 e. The summed E-state index contributed by atoms with van der Waals surface area (Å²) in [5.41, 5.74) is -9.49. The van der Waals surface area contributed by atoms with E-state index in [1.54, 1.807) is 0 Å². The number of alkyl halides is 6. The molecule has 0 fully saturated rings. The van der Waals surface area contributed by atoms with Gasteiger partial charge < -0.3 is 0 Å². The van der Waals surface area contributed by atoms with Crippen molar-refractivity contribution >= 4 is 23.5 Å². The number of hydrogen-bond acceptors (Lipinski definition) is 3. The first-order valence-electron chi connectivity index (χ1n) is 4.16. The van der Waals surface area contributed by atoms with E-state index < -0.39 is 44.3 Å². The molecule has 9 heteroatoms. The second kappa shape index (κ2) is 5.32. The van der Waals surface area contributed by atoms with Gasteiger partial charge in [-0.1, -0.05) is 0 Å². The minimum Gasteiger partial charge on any atom is -0.192 e. The molecule has 1 aromatic rings. The molecule has 0 aromatic heterocycles. The van der Waals surface area contributed by atoms with Gasteiger partial charge in [-0.3, -0.25) is 0 Å². The second-order valence-corrected chi connectivity index (χ2v) is 5.18. The minimum atomic E-state index is -4.62. The molecule has 0 heterocycles. The number of thioether (sulfide) groups is 2. The Morgan fingerprint density at radius 3 is 1.50 bits per heavy atom. The van der Waals surface area contributed by atoms with Crippen LogP contribution in [0.1, 0.15) is 5.56 Å². The molecule has 0 bridgehead atoms. The number of hydrogen-bond donors (Lipinski definition) is 0. The highest BCUT2D eigenvalue weighted by Crippen LogP contribution is 2.42. The lowest BCUT2D eigenvalue weighted by molar-refractivity contribution is -0.0334. The maximum absolute atomic E-state index is 12.1. The zero-order valence-corrected chi connectivity index (χ0v) is 9.90. The summed E-state index contributed by atoms with van der Waals surface area (Å²) in [5, 5.41) is 8.55. The van der Waals surface area contributed by atoms with Crippen molar-refractivity contribution in [1.82, 2.24) is 0 Å². The third-order valence-corrected chi connectivity index (χ3v) is 2.88. The van der Waals surface area contributed by atoms with Gasteiger partial charge in [0.25, 0.3) is 0 Å². The van der Waals surface area contributed by atoms with Crippen LogP contribution >= 0.6 is 23.5 Å². The molecule has 0 atom stereocenters. The Hall–Kier alpha value is -1.01. The number of nitriles is 1. The Balaban J connectivity index is 3.07. The Bertz CT molecular complexity index is 439. The minimum absolute atomic E-state index is 0.254. The summed E-state index contributed by atoms with van der Waals surface area (Å²) in [6.45, 7) is 0. The van der Waals surface area contributed by atoms with Crippen molar-refractivity contribution in [2.45, 2.75) is 20.8 Å². The zero-order valence-electron chi connectivity index (χ0n) is 8.26. The molecule has 0 aliphatic carbocycles.